The number of amides is 1. The summed E-state index contributed by atoms with van der Waals surface area (Å²) in [5, 5.41) is 10.8. The van der Waals surface area contributed by atoms with Gasteiger partial charge in [-0.2, -0.15) is 0 Å². The van der Waals surface area contributed by atoms with Gasteiger partial charge in [0.25, 0.3) is 0 Å². The minimum atomic E-state index is -0.139. The molecule has 1 atom stereocenters. The van der Waals surface area contributed by atoms with Crippen LogP contribution in [0.1, 0.15) is 25.7 Å². The fraction of sp³-hybridized carbons (Fsp3) is 0.300. The van der Waals surface area contributed by atoms with E-state index >= 15 is 0 Å². The Bertz CT molecular complexity index is 491. The molecule has 5 nitrogen and oxygen atoms in total. The molecule has 0 fully saturated rings. The quantitative estimate of drug-likeness (QED) is 0.791. The van der Waals surface area contributed by atoms with E-state index in [4.69, 9.17) is 0 Å². The molecule has 0 aromatic carbocycles. The van der Waals surface area contributed by atoms with Crippen molar-refractivity contribution in [2.24, 2.45) is 0 Å². The number of hydrogen-bond acceptors (Lipinski definition) is 3. The number of nitrogens with zero attached hydrogens (tertiary/aromatic N) is 3. The zero-order chi connectivity index (χ0) is 10.8. The average Bonchev–Trinajstić information content (AvgIpc) is 2.59. The Hall–Kier alpha value is -1.91. The smallest absolute Gasteiger partial charge is 0.217 e. The van der Waals surface area contributed by atoms with E-state index in [1.165, 1.54) is 6.92 Å². The van der Waals surface area contributed by atoms with Gasteiger partial charge in [0.05, 0.1) is 6.04 Å². The van der Waals surface area contributed by atoms with Gasteiger partial charge in [-0.15, -0.1) is 10.2 Å². The Morgan fingerprint density at radius 1 is 1.47 bits per heavy atom. The summed E-state index contributed by atoms with van der Waals surface area (Å²) < 4.78 is 1.86. The lowest BCUT2D eigenvalue weighted by Crippen LogP contribution is -2.25. The van der Waals surface area contributed by atoms with Crippen LogP contribution in [0.2, 0.25) is 0 Å². The van der Waals surface area contributed by atoms with Gasteiger partial charge < -0.3 is 5.32 Å². The van der Waals surface area contributed by atoms with Crippen molar-refractivity contribution in [1.29, 1.82) is 0 Å². The molecule has 2 rings (SSSR count). The number of hydrogen-bond donors (Lipinski definition) is 1. The Morgan fingerprint density at radius 2 is 2.27 bits per heavy atom. The van der Waals surface area contributed by atoms with Crippen molar-refractivity contribution in [2.75, 3.05) is 0 Å². The summed E-state index contributed by atoms with van der Waals surface area (Å²) in [6.07, 6.45) is 1.88. The van der Waals surface area contributed by atoms with Gasteiger partial charge in [-0.25, -0.2) is 0 Å². The predicted octanol–water partition coefficient (Wildman–Crippen LogP) is 0.926. The van der Waals surface area contributed by atoms with E-state index in [0.29, 0.717) is 0 Å². The molecule has 2 aromatic rings. The third-order valence-electron chi connectivity index (χ3n) is 2.15. The minimum Gasteiger partial charge on any atom is -0.347 e. The number of pyridine rings is 1. The third kappa shape index (κ3) is 1.81. The molecular formula is C10H12N4O. The molecule has 1 amide bonds. The van der Waals surface area contributed by atoms with Crippen molar-refractivity contribution < 1.29 is 4.79 Å². The minimum absolute atomic E-state index is 0.0739. The van der Waals surface area contributed by atoms with Gasteiger partial charge in [0.1, 0.15) is 0 Å². The highest BCUT2D eigenvalue weighted by atomic mass is 16.1. The normalized spacial score (nSPS) is 12.7. The van der Waals surface area contributed by atoms with Gasteiger partial charge >= 0.3 is 0 Å². The number of carbonyl (C=O) groups excluding carboxylic acids is 1. The van der Waals surface area contributed by atoms with Crippen LogP contribution in [-0.2, 0) is 4.79 Å². The van der Waals surface area contributed by atoms with Gasteiger partial charge in [0, 0.05) is 13.1 Å². The molecular weight excluding hydrogens is 192 g/mol. The number of nitrogens with one attached hydrogen (secondary N) is 1. The van der Waals surface area contributed by atoms with Crippen LogP contribution in [0.15, 0.2) is 24.4 Å². The van der Waals surface area contributed by atoms with Crippen LogP contribution in [-0.4, -0.2) is 20.5 Å². The SMILES string of the molecule is CC(=O)N[C@H](C)c1nnc2ccccn12. The Kier molecular flexibility index (Phi) is 2.37. The second kappa shape index (κ2) is 3.68. The van der Waals surface area contributed by atoms with Crippen molar-refractivity contribution in [2.45, 2.75) is 19.9 Å². The Labute approximate surface area is 87.1 Å². The van der Waals surface area contributed by atoms with Gasteiger partial charge in [-0.1, -0.05) is 6.07 Å². The molecule has 0 saturated carbocycles. The van der Waals surface area contributed by atoms with Crippen molar-refractivity contribution in [3.8, 4) is 0 Å². The summed E-state index contributed by atoms with van der Waals surface area (Å²) in [5.41, 5.74) is 0.782. The highest BCUT2D eigenvalue weighted by molar-refractivity contribution is 5.73. The molecule has 78 valence electrons. The van der Waals surface area contributed by atoms with Crippen molar-refractivity contribution in [3.63, 3.8) is 0 Å². The summed E-state index contributed by atoms with van der Waals surface area (Å²) >= 11 is 0. The largest absolute Gasteiger partial charge is 0.347 e. The van der Waals surface area contributed by atoms with Crippen molar-refractivity contribution in [1.82, 2.24) is 19.9 Å². The lowest BCUT2D eigenvalue weighted by Gasteiger charge is -2.09. The third-order valence-corrected chi connectivity index (χ3v) is 2.15. The van der Waals surface area contributed by atoms with E-state index in [1.54, 1.807) is 0 Å². The first kappa shape index (κ1) is 9.64. The van der Waals surface area contributed by atoms with Gasteiger partial charge in [-0.05, 0) is 19.1 Å². The summed E-state index contributed by atoms with van der Waals surface area (Å²) in [6.45, 7) is 3.37. The van der Waals surface area contributed by atoms with Crippen LogP contribution in [0.4, 0.5) is 0 Å². The Balaban J connectivity index is 2.39. The molecule has 0 radical (unpaired) electrons. The highest BCUT2D eigenvalue weighted by Gasteiger charge is 2.13. The first-order chi connectivity index (χ1) is 7.18. The van der Waals surface area contributed by atoms with Crippen molar-refractivity contribution >= 4 is 11.6 Å². The molecule has 1 N–H and O–H groups in total. The summed E-state index contributed by atoms with van der Waals surface area (Å²) in [6, 6.07) is 5.54. The molecule has 2 aromatic heterocycles. The van der Waals surface area contributed by atoms with Gasteiger partial charge in [0.15, 0.2) is 11.5 Å². The van der Waals surface area contributed by atoms with Gasteiger partial charge in [-0.3, -0.25) is 9.20 Å². The zero-order valence-electron chi connectivity index (χ0n) is 8.64. The maximum Gasteiger partial charge on any atom is 0.217 e. The zero-order valence-corrected chi connectivity index (χ0v) is 8.64. The van der Waals surface area contributed by atoms with E-state index in [0.717, 1.165) is 11.5 Å². The molecule has 0 spiro atoms. The topological polar surface area (TPSA) is 59.3 Å². The molecule has 0 saturated heterocycles. The molecule has 2 heterocycles. The van der Waals surface area contributed by atoms with E-state index in [9.17, 15) is 4.79 Å². The first-order valence-corrected chi connectivity index (χ1v) is 4.75. The second-order valence-corrected chi connectivity index (χ2v) is 3.41. The lowest BCUT2D eigenvalue weighted by molar-refractivity contribution is -0.119. The predicted molar refractivity (Wildman–Crippen MR) is 55.2 cm³/mol. The van der Waals surface area contributed by atoms with Crippen LogP contribution < -0.4 is 5.32 Å². The van der Waals surface area contributed by atoms with E-state index < -0.39 is 0 Å². The number of rotatable bonds is 2. The van der Waals surface area contributed by atoms with Crippen LogP contribution in [0.5, 0.6) is 0 Å². The fourth-order valence-corrected chi connectivity index (χ4v) is 1.52. The number of aromatic nitrogens is 3. The molecule has 0 aliphatic rings. The summed E-state index contributed by atoms with van der Waals surface area (Å²) in [5.74, 6) is 0.663. The molecule has 0 aliphatic carbocycles. The highest BCUT2D eigenvalue weighted by Crippen LogP contribution is 2.11. The van der Waals surface area contributed by atoms with E-state index in [2.05, 4.69) is 15.5 Å². The Morgan fingerprint density at radius 3 is 3.00 bits per heavy atom. The van der Waals surface area contributed by atoms with Crippen LogP contribution >= 0.6 is 0 Å². The van der Waals surface area contributed by atoms with Gasteiger partial charge in [0.2, 0.25) is 5.91 Å². The maximum absolute atomic E-state index is 10.9. The average molecular weight is 204 g/mol. The van der Waals surface area contributed by atoms with E-state index in [1.807, 2.05) is 35.7 Å². The number of fused-ring (bicyclic) bond motifs is 1. The first-order valence-electron chi connectivity index (χ1n) is 4.75. The molecule has 0 aliphatic heterocycles. The lowest BCUT2D eigenvalue weighted by atomic mass is 10.3. The maximum atomic E-state index is 10.9. The molecule has 0 bridgehead atoms. The molecule has 15 heavy (non-hydrogen) atoms. The van der Waals surface area contributed by atoms with Crippen LogP contribution in [0.3, 0.4) is 0 Å². The van der Waals surface area contributed by atoms with Crippen LogP contribution in [0.25, 0.3) is 5.65 Å². The van der Waals surface area contributed by atoms with Crippen molar-refractivity contribution in [3.05, 3.63) is 30.2 Å². The monoisotopic (exact) mass is 204 g/mol. The summed E-state index contributed by atoms with van der Waals surface area (Å²) in [7, 11) is 0. The standard InChI is InChI=1S/C10H12N4O/c1-7(11-8(2)15)10-13-12-9-5-3-4-6-14(9)10/h3-7H,1-2H3,(H,11,15)/t7-/m1/s1. The molecule has 0 unspecified atom stereocenters. The number of carbonyl (C=O) groups is 1. The summed E-state index contributed by atoms with van der Waals surface area (Å²) in [4.78, 5) is 10.9. The van der Waals surface area contributed by atoms with Crippen LogP contribution in [0, 0.1) is 0 Å². The second-order valence-electron chi connectivity index (χ2n) is 3.41. The fourth-order valence-electron chi connectivity index (χ4n) is 1.52. The van der Waals surface area contributed by atoms with E-state index in [-0.39, 0.29) is 11.9 Å². The molecule has 5 heteroatoms.